The number of nitrogens with zero attached hydrogens (tertiary/aromatic N) is 2. The van der Waals surface area contributed by atoms with Crippen LogP contribution in [0.3, 0.4) is 0 Å². The molecule has 29 heavy (non-hydrogen) atoms. The van der Waals surface area contributed by atoms with Crippen LogP contribution in [0.5, 0.6) is 0 Å². The van der Waals surface area contributed by atoms with Crippen molar-refractivity contribution >= 4 is 23.6 Å². The molecule has 2 aromatic heterocycles. The molecule has 0 amide bonds. The molecular weight excluding hydrogens is 381 g/mol. The van der Waals surface area contributed by atoms with E-state index in [2.05, 4.69) is 4.98 Å². The Bertz CT molecular complexity index is 1010. The molecule has 1 saturated carbocycles. The summed E-state index contributed by atoms with van der Waals surface area (Å²) in [6, 6.07) is 2.26. The lowest BCUT2D eigenvalue weighted by Crippen LogP contribution is -2.45. The van der Waals surface area contributed by atoms with Crippen LogP contribution in [0, 0.1) is 0 Å². The molecule has 1 aliphatic heterocycles. The predicted molar refractivity (Wildman–Crippen MR) is 106 cm³/mol. The Morgan fingerprint density at radius 1 is 1.17 bits per heavy atom. The van der Waals surface area contributed by atoms with Crippen LogP contribution in [-0.4, -0.2) is 38.6 Å². The summed E-state index contributed by atoms with van der Waals surface area (Å²) in [7, 11) is -0.743. The van der Waals surface area contributed by atoms with Gasteiger partial charge in [0.2, 0.25) is 0 Å². The molecule has 2 fully saturated rings. The first-order chi connectivity index (χ1) is 13.3. The van der Waals surface area contributed by atoms with Crippen molar-refractivity contribution in [3.8, 4) is 0 Å². The minimum Gasteiger partial charge on any atom is -0.399 e. The first-order valence-corrected chi connectivity index (χ1v) is 9.73. The molecule has 1 N–H and O–H groups in total. The highest BCUT2D eigenvalue weighted by atomic mass is 19.3. The van der Waals surface area contributed by atoms with Gasteiger partial charge in [-0.3, -0.25) is 9.36 Å². The number of hydrogen-bond acceptors (Lipinski definition) is 5. The molecule has 2 aromatic rings. The van der Waals surface area contributed by atoms with Crippen molar-refractivity contribution in [1.29, 1.82) is 0 Å². The highest BCUT2D eigenvalue weighted by Crippen LogP contribution is 2.42. The Labute approximate surface area is 168 Å². The van der Waals surface area contributed by atoms with Gasteiger partial charge in [0, 0.05) is 34.7 Å². The van der Waals surface area contributed by atoms with Crippen LogP contribution >= 0.6 is 0 Å². The normalized spacial score (nSPS) is 28.2. The van der Waals surface area contributed by atoms with Crippen LogP contribution in [-0.2, 0) is 9.31 Å². The number of pyridine rings is 2. The summed E-state index contributed by atoms with van der Waals surface area (Å²) >= 11 is 0. The van der Waals surface area contributed by atoms with Gasteiger partial charge in [-0.05, 0) is 53.5 Å². The molecule has 1 aliphatic carbocycles. The van der Waals surface area contributed by atoms with E-state index >= 15 is 0 Å². The highest BCUT2D eigenvalue weighted by molar-refractivity contribution is 6.62. The first kappa shape index (κ1) is 20.4. The highest BCUT2D eigenvalue weighted by Gasteiger charge is 2.52. The van der Waals surface area contributed by atoms with Crippen LogP contribution in [0.4, 0.5) is 8.78 Å². The maximum absolute atomic E-state index is 13.7. The molecular formula is C20H25BF2N2O4. The number of alkyl halides is 2. The van der Waals surface area contributed by atoms with Gasteiger partial charge in [0.15, 0.2) is 0 Å². The average molecular weight is 406 g/mol. The summed E-state index contributed by atoms with van der Waals surface area (Å²) in [4.78, 5) is 16.9. The number of fused-ring (bicyclic) bond motifs is 1. The summed E-state index contributed by atoms with van der Waals surface area (Å²) in [6.07, 6.45) is -0.570. The van der Waals surface area contributed by atoms with E-state index < -0.39 is 35.9 Å². The van der Waals surface area contributed by atoms with E-state index in [0.29, 0.717) is 18.3 Å². The fourth-order valence-electron chi connectivity index (χ4n) is 4.04. The molecule has 0 aromatic carbocycles. The third kappa shape index (κ3) is 3.29. The molecule has 156 valence electrons. The quantitative estimate of drug-likeness (QED) is 0.794. The number of rotatable bonds is 3. The van der Waals surface area contributed by atoms with Gasteiger partial charge in [-0.25, -0.2) is 13.8 Å². The Morgan fingerprint density at radius 2 is 1.76 bits per heavy atom. The number of aromatic nitrogens is 2. The molecule has 0 spiro atoms. The zero-order chi connectivity index (χ0) is 21.4. The lowest BCUT2D eigenvalue weighted by Gasteiger charge is -2.42. The van der Waals surface area contributed by atoms with Crippen LogP contribution in [0.25, 0.3) is 11.0 Å². The lowest BCUT2D eigenvalue weighted by molar-refractivity contribution is -0.0507. The van der Waals surface area contributed by atoms with Gasteiger partial charge in [0.05, 0.1) is 16.8 Å². The third-order valence-electron chi connectivity index (χ3n) is 6.42. The van der Waals surface area contributed by atoms with E-state index in [-0.39, 0.29) is 22.6 Å². The molecule has 9 heteroatoms. The second-order valence-corrected chi connectivity index (χ2v) is 9.40. The van der Waals surface area contributed by atoms with Gasteiger partial charge in [0.1, 0.15) is 5.65 Å². The lowest BCUT2D eigenvalue weighted by atomic mass is 9.76. The second-order valence-electron chi connectivity index (χ2n) is 9.40. The summed E-state index contributed by atoms with van der Waals surface area (Å²) in [5.41, 5.74) is -2.21. The van der Waals surface area contributed by atoms with Crippen molar-refractivity contribution < 1.29 is 23.2 Å². The van der Waals surface area contributed by atoms with Crippen molar-refractivity contribution in [2.24, 2.45) is 0 Å². The maximum Gasteiger partial charge on any atom is 0.496 e. The third-order valence-corrected chi connectivity index (χ3v) is 6.42. The van der Waals surface area contributed by atoms with E-state index in [1.807, 2.05) is 27.7 Å². The topological polar surface area (TPSA) is 73.6 Å². The fourth-order valence-corrected chi connectivity index (χ4v) is 4.04. The minimum absolute atomic E-state index is 0.188. The van der Waals surface area contributed by atoms with E-state index in [4.69, 9.17) is 9.31 Å². The van der Waals surface area contributed by atoms with Crippen molar-refractivity contribution in [3.05, 3.63) is 34.2 Å². The SMILES string of the molecule is CC1(C)OB(c2cnc3c(c2)c(C(F)F)cc(=O)n3[C@H]2C[C@@](C)(O)C2)OC1(C)C. The zero-order valence-corrected chi connectivity index (χ0v) is 17.2. The van der Waals surface area contributed by atoms with Gasteiger partial charge >= 0.3 is 7.12 Å². The Morgan fingerprint density at radius 3 is 2.28 bits per heavy atom. The standard InChI is InChI=1S/C20H25BF2N2O4/c1-18(2)19(3,4)29-21(28-18)11-6-14-13(16(22)23)7-15(26)25(17(14)24-10-11)12-8-20(5,27)9-12/h6-7,10,12,16,27H,8-9H2,1-5H3/t12-,20+. The van der Waals surface area contributed by atoms with Gasteiger partial charge in [-0.2, -0.15) is 0 Å². The molecule has 0 atom stereocenters. The molecule has 1 saturated heterocycles. The Hall–Kier alpha value is -1.84. The van der Waals surface area contributed by atoms with Crippen LogP contribution in [0.2, 0.25) is 0 Å². The Kier molecular flexibility index (Phi) is 4.46. The van der Waals surface area contributed by atoms with E-state index in [0.717, 1.165) is 6.07 Å². The van der Waals surface area contributed by atoms with Gasteiger partial charge in [-0.1, -0.05) is 0 Å². The average Bonchev–Trinajstić information content (AvgIpc) is 2.79. The van der Waals surface area contributed by atoms with Gasteiger partial charge in [0.25, 0.3) is 12.0 Å². The summed E-state index contributed by atoms with van der Waals surface area (Å²) in [5.74, 6) is 0. The smallest absolute Gasteiger partial charge is 0.399 e. The number of halogens is 2. The molecule has 0 unspecified atom stereocenters. The second kappa shape index (κ2) is 6.33. The molecule has 3 heterocycles. The number of hydrogen-bond donors (Lipinski definition) is 1. The maximum atomic E-state index is 13.7. The van der Waals surface area contributed by atoms with Crippen LogP contribution in [0.15, 0.2) is 23.1 Å². The molecule has 2 aliphatic rings. The molecule has 6 nitrogen and oxygen atoms in total. The minimum atomic E-state index is -2.82. The number of aliphatic hydroxyl groups is 1. The first-order valence-electron chi connectivity index (χ1n) is 9.73. The molecule has 0 bridgehead atoms. The molecule has 4 rings (SSSR count). The predicted octanol–water partition coefficient (Wildman–Crippen LogP) is 2.72. The summed E-state index contributed by atoms with van der Waals surface area (Å²) in [5, 5.41) is 10.2. The fraction of sp³-hybridized carbons (Fsp3) is 0.600. The van der Waals surface area contributed by atoms with Gasteiger partial charge < -0.3 is 14.4 Å². The largest absolute Gasteiger partial charge is 0.496 e. The van der Waals surface area contributed by atoms with E-state index in [9.17, 15) is 18.7 Å². The summed E-state index contributed by atoms with van der Waals surface area (Å²) < 4.78 is 40.8. The van der Waals surface area contributed by atoms with Crippen LogP contribution < -0.4 is 11.0 Å². The van der Waals surface area contributed by atoms with Gasteiger partial charge in [-0.15, -0.1) is 0 Å². The zero-order valence-electron chi connectivity index (χ0n) is 17.2. The van der Waals surface area contributed by atoms with Crippen molar-refractivity contribution in [2.45, 2.75) is 76.7 Å². The van der Waals surface area contributed by atoms with Crippen molar-refractivity contribution in [2.75, 3.05) is 0 Å². The van der Waals surface area contributed by atoms with E-state index in [1.54, 1.807) is 13.0 Å². The van der Waals surface area contributed by atoms with Crippen molar-refractivity contribution in [1.82, 2.24) is 9.55 Å². The molecule has 0 radical (unpaired) electrons. The van der Waals surface area contributed by atoms with E-state index in [1.165, 1.54) is 10.8 Å². The van der Waals surface area contributed by atoms with Crippen molar-refractivity contribution in [3.63, 3.8) is 0 Å². The van der Waals surface area contributed by atoms with Crippen LogP contribution in [0.1, 0.15) is 65.5 Å². The monoisotopic (exact) mass is 406 g/mol. The summed E-state index contributed by atoms with van der Waals surface area (Å²) in [6.45, 7) is 9.32. The Balaban J connectivity index is 1.83.